The molecule has 0 fully saturated rings. The van der Waals surface area contributed by atoms with Crippen molar-refractivity contribution in [2.45, 2.75) is 71.8 Å². The quantitative estimate of drug-likeness (QED) is 0.130. The Kier molecular flexibility index (Phi) is 10.2. The van der Waals surface area contributed by atoms with Gasteiger partial charge in [-0.3, -0.25) is 14.9 Å². The van der Waals surface area contributed by atoms with Gasteiger partial charge in [-0.2, -0.15) is 14.4 Å². The molecule has 3 heterocycles. The molecular formula is C27H32FN5O10. The number of hydrogen-bond acceptors (Lipinski definition) is 13. The predicted molar refractivity (Wildman–Crippen MR) is 145 cm³/mol. The van der Waals surface area contributed by atoms with Crippen molar-refractivity contribution in [3.8, 4) is 12.3 Å². The van der Waals surface area contributed by atoms with E-state index in [1.165, 1.54) is 38.8 Å². The Morgan fingerprint density at radius 1 is 1.21 bits per heavy atom. The number of nitrogens with zero attached hydrogens (tertiary/aromatic N) is 4. The van der Waals surface area contributed by atoms with Crippen LogP contribution < -0.4 is 11.1 Å². The first-order valence-electron chi connectivity index (χ1n) is 13.0. The Morgan fingerprint density at radius 3 is 2.53 bits per heavy atom. The van der Waals surface area contributed by atoms with E-state index in [0.717, 1.165) is 0 Å². The summed E-state index contributed by atoms with van der Waals surface area (Å²) in [4.78, 5) is 59.5. The smallest absolute Gasteiger partial charge is 0.461 e. The molecule has 0 saturated carbocycles. The first-order chi connectivity index (χ1) is 20.2. The first-order valence-corrected chi connectivity index (χ1v) is 13.0. The van der Waals surface area contributed by atoms with Gasteiger partial charge in [-0.1, -0.05) is 19.8 Å². The Morgan fingerprint density at radius 2 is 1.93 bits per heavy atom. The molecule has 1 N–H and O–H groups in total. The number of nitrogens with one attached hydrogen (secondary N) is 1. The number of aryl methyl sites for hydroxylation is 2. The molecule has 43 heavy (non-hydrogen) atoms. The molecule has 0 aliphatic carbocycles. The number of carbonyl (C=O) groups is 3. The highest BCUT2D eigenvalue weighted by molar-refractivity contribution is 5.93. The number of fused-ring (bicyclic) bond motifs is 1. The molecule has 3 aromatic heterocycles. The molecule has 0 aromatic carbocycles. The molecule has 16 heteroatoms. The van der Waals surface area contributed by atoms with Crippen LogP contribution in [0.3, 0.4) is 0 Å². The molecule has 0 saturated heterocycles. The van der Waals surface area contributed by atoms with E-state index in [1.807, 2.05) is 0 Å². The van der Waals surface area contributed by atoms with Crippen LogP contribution in [0.5, 0.6) is 0 Å². The summed E-state index contributed by atoms with van der Waals surface area (Å²) >= 11 is 0. The molecule has 15 nitrogen and oxygen atoms in total. The van der Waals surface area contributed by atoms with Crippen molar-refractivity contribution in [3.05, 3.63) is 34.5 Å². The second-order valence-corrected chi connectivity index (χ2v) is 10.4. The van der Waals surface area contributed by atoms with E-state index in [2.05, 4.69) is 26.2 Å². The van der Waals surface area contributed by atoms with E-state index < -0.39 is 41.1 Å². The first kappa shape index (κ1) is 32.7. The molecule has 0 radical (unpaired) electrons. The Balaban J connectivity index is 1.65. The maximum absolute atomic E-state index is 14.4. The van der Waals surface area contributed by atoms with Gasteiger partial charge in [0.05, 0.1) is 18.7 Å². The van der Waals surface area contributed by atoms with Gasteiger partial charge >= 0.3 is 29.9 Å². The van der Waals surface area contributed by atoms with Gasteiger partial charge in [-0.15, -0.1) is 6.42 Å². The number of hydrogen-bond donors (Lipinski definition) is 1. The van der Waals surface area contributed by atoms with Crippen LogP contribution in [0.15, 0.2) is 20.0 Å². The minimum Gasteiger partial charge on any atom is -0.461 e. The van der Waals surface area contributed by atoms with Crippen LogP contribution in [-0.2, 0) is 41.7 Å². The van der Waals surface area contributed by atoms with Crippen molar-refractivity contribution in [3.63, 3.8) is 0 Å². The summed E-state index contributed by atoms with van der Waals surface area (Å²) in [5.41, 5.74) is -2.56. The van der Waals surface area contributed by atoms with Gasteiger partial charge in [-0.05, 0) is 20.8 Å². The Bertz CT molecular complexity index is 1580. The average Bonchev–Trinajstić information content (AvgIpc) is 3.48. The average molecular weight is 606 g/mol. The van der Waals surface area contributed by atoms with E-state index in [4.69, 9.17) is 34.2 Å². The molecule has 0 spiro atoms. The fraction of sp³-hybridized carbons (Fsp3) is 0.519. The number of halogens is 1. The van der Waals surface area contributed by atoms with Gasteiger partial charge in [0.15, 0.2) is 40.7 Å². The van der Waals surface area contributed by atoms with Crippen molar-refractivity contribution in [2.24, 2.45) is 5.92 Å². The zero-order valence-corrected chi connectivity index (χ0v) is 24.5. The van der Waals surface area contributed by atoms with Crippen LogP contribution >= 0.6 is 0 Å². The summed E-state index contributed by atoms with van der Waals surface area (Å²) in [6.45, 7) is 7.32. The van der Waals surface area contributed by atoms with Gasteiger partial charge < -0.3 is 32.3 Å². The standard InChI is InChI=1S/C27H32FN5O10/c1-8-27(38-7,13-40-22(35)15(2)3)9-10-33-14-29-19-20(30-23(28)32-21(19)33)31-24(36)43-26(5,6)11-18(34)39-12-17-16(4)41-25(37)42-17/h1,14-15H,9-13H2,2-7H3,(H,30,31,32,36). The maximum Gasteiger partial charge on any atom is 0.519 e. The SMILES string of the molecule is C#CC(CCn1cnc2c(NC(=O)OC(C)(C)CC(=O)OCc3oc(=O)oc3C)nc(F)nc21)(COC(=O)C(C)C)OC. The number of imidazole rings is 1. The molecule has 1 atom stereocenters. The molecule has 1 unspecified atom stereocenters. The summed E-state index contributed by atoms with van der Waals surface area (Å²) in [5, 5.41) is 2.32. The van der Waals surface area contributed by atoms with Crippen LogP contribution in [0.4, 0.5) is 15.0 Å². The molecule has 0 aliphatic rings. The van der Waals surface area contributed by atoms with Crippen molar-refractivity contribution >= 4 is 35.0 Å². The van der Waals surface area contributed by atoms with E-state index >= 15 is 0 Å². The number of anilines is 1. The monoisotopic (exact) mass is 605 g/mol. The molecule has 0 aliphatic heterocycles. The summed E-state index contributed by atoms with van der Waals surface area (Å²) in [6, 6.07) is 0. The second kappa shape index (κ2) is 13.5. The highest BCUT2D eigenvalue weighted by atomic mass is 19.1. The van der Waals surface area contributed by atoms with Crippen molar-refractivity contribution < 1.29 is 46.6 Å². The maximum atomic E-state index is 14.4. The number of ether oxygens (including phenoxy) is 4. The van der Waals surface area contributed by atoms with Gasteiger partial charge in [0.25, 0.3) is 0 Å². The third-order valence-electron chi connectivity index (χ3n) is 6.13. The second-order valence-electron chi connectivity index (χ2n) is 10.4. The van der Waals surface area contributed by atoms with E-state index in [9.17, 15) is 23.6 Å². The van der Waals surface area contributed by atoms with Crippen molar-refractivity contribution in [2.75, 3.05) is 19.0 Å². The van der Waals surface area contributed by atoms with Crippen molar-refractivity contribution in [1.82, 2.24) is 19.5 Å². The van der Waals surface area contributed by atoms with Crippen molar-refractivity contribution in [1.29, 1.82) is 0 Å². The Labute approximate surface area is 245 Å². The molecule has 232 valence electrons. The Hall–Kier alpha value is -4.78. The summed E-state index contributed by atoms with van der Waals surface area (Å²) in [6.07, 6.45) is 4.59. The minimum absolute atomic E-state index is 0.0352. The number of amides is 1. The lowest BCUT2D eigenvalue weighted by molar-refractivity contribution is -0.154. The zero-order valence-electron chi connectivity index (χ0n) is 24.5. The summed E-state index contributed by atoms with van der Waals surface area (Å²) in [7, 11) is 1.38. The normalized spacial score (nSPS) is 12.9. The number of carbonyl (C=O) groups excluding carboxylic acids is 3. The fourth-order valence-corrected chi connectivity index (χ4v) is 3.69. The van der Waals surface area contributed by atoms with E-state index in [1.54, 1.807) is 13.8 Å². The number of terminal acetylenes is 1. The lowest BCUT2D eigenvalue weighted by Crippen LogP contribution is -2.38. The highest BCUT2D eigenvalue weighted by Crippen LogP contribution is 2.24. The van der Waals surface area contributed by atoms with E-state index in [0.29, 0.717) is 0 Å². The summed E-state index contributed by atoms with van der Waals surface area (Å²) < 4.78 is 46.4. The lowest BCUT2D eigenvalue weighted by atomic mass is 10.0. The van der Waals surface area contributed by atoms with Crippen LogP contribution in [-0.4, -0.2) is 62.5 Å². The van der Waals surface area contributed by atoms with Gasteiger partial charge in [0, 0.05) is 20.1 Å². The number of esters is 2. The van der Waals surface area contributed by atoms with Crippen LogP contribution in [0.25, 0.3) is 11.2 Å². The van der Waals surface area contributed by atoms with Crippen LogP contribution in [0.2, 0.25) is 0 Å². The third-order valence-corrected chi connectivity index (χ3v) is 6.13. The van der Waals surface area contributed by atoms with E-state index in [-0.39, 0.29) is 67.0 Å². The summed E-state index contributed by atoms with van der Waals surface area (Å²) in [5.74, 6) is -0.0457. The predicted octanol–water partition coefficient (Wildman–Crippen LogP) is 2.89. The molecule has 3 aromatic rings. The topological polar surface area (TPSA) is 187 Å². The molecule has 3 rings (SSSR count). The van der Waals surface area contributed by atoms with Crippen LogP contribution in [0.1, 0.15) is 52.1 Å². The lowest BCUT2D eigenvalue weighted by Gasteiger charge is -2.27. The number of aromatic nitrogens is 4. The fourth-order valence-electron chi connectivity index (χ4n) is 3.69. The third kappa shape index (κ3) is 8.61. The molecular weight excluding hydrogens is 573 g/mol. The number of rotatable bonds is 13. The highest BCUT2D eigenvalue weighted by Gasteiger charge is 2.31. The van der Waals surface area contributed by atoms with Gasteiger partial charge in [0.2, 0.25) is 0 Å². The minimum atomic E-state index is -1.37. The molecule has 1 amide bonds. The molecule has 0 bridgehead atoms. The van der Waals surface area contributed by atoms with Gasteiger partial charge in [0.1, 0.15) is 12.2 Å². The largest absolute Gasteiger partial charge is 0.519 e. The number of methoxy groups -OCH3 is 1. The zero-order chi connectivity index (χ0) is 31.9. The van der Waals surface area contributed by atoms with Gasteiger partial charge in [-0.25, -0.2) is 14.6 Å². The van der Waals surface area contributed by atoms with Crippen LogP contribution in [0, 0.1) is 31.3 Å².